The van der Waals surface area contributed by atoms with E-state index in [2.05, 4.69) is 5.10 Å². The van der Waals surface area contributed by atoms with Gasteiger partial charge in [0.2, 0.25) is 0 Å². The van der Waals surface area contributed by atoms with Crippen molar-refractivity contribution in [2.24, 2.45) is 5.10 Å². The van der Waals surface area contributed by atoms with Crippen LogP contribution in [0.15, 0.2) is 84.0 Å². The van der Waals surface area contributed by atoms with Gasteiger partial charge in [0, 0.05) is 19.1 Å². The molecule has 10 heteroatoms. The van der Waals surface area contributed by atoms with Crippen molar-refractivity contribution in [3.63, 3.8) is 0 Å². The molecule has 0 bridgehead atoms. The number of alkyl halides is 3. The van der Waals surface area contributed by atoms with Crippen LogP contribution in [0.3, 0.4) is 0 Å². The molecule has 1 aliphatic heterocycles. The molecule has 1 heterocycles. The number of amides is 4. The zero-order valence-electron chi connectivity index (χ0n) is 20.3. The van der Waals surface area contributed by atoms with Gasteiger partial charge in [-0.05, 0) is 54.4 Å². The minimum Gasteiger partial charge on any atom is -0.330 e. The molecule has 0 aromatic heterocycles. The monoisotopic (exact) mass is 528 g/mol. The van der Waals surface area contributed by atoms with Gasteiger partial charge in [-0.2, -0.15) is 18.3 Å². The summed E-state index contributed by atoms with van der Waals surface area (Å²) in [6.07, 6.45) is -4.55. The van der Waals surface area contributed by atoms with Crippen molar-refractivity contribution < 1.29 is 22.8 Å². The zero-order chi connectivity index (χ0) is 27.0. The van der Waals surface area contributed by atoms with Crippen LogP contribution in [-0.4, -0.2) is 48.3 Å². The number of halogens is 4. The van der Waals surface area contributed by atoms with Gasteiger partial charge in [-0.3, -0.25) is 0 Å². The highest BCUT2D eigenvalue weighted by atomic mass is 35.5. The number of hydrogen-bond donors (Lipinski definition) is 0. The molecule has 37 heavy (non-hydrogen) atoms. The fraction of sp³-hybridized carbons (Fsp3) is 0.222. The number of benzene rings is 3. The minimum absolute atomic E-state index is 0.00624. The van der Waals surface area contributed by atoms with Gasteiger partial charge < -0.3 is 4.90 Å². The second-order valence-electron chi connectivity index (χ2n) is 9.05. The van der Waals surface area contributed by atoms with E-state index in [1.807, 2.05) is 37.3 Å². The third-order valence-electron chi connectivity index (χ3n) is 6.18. The molecule has 1 aliphatic rings. The highest BCUT2D eigenvalue weighted by molar-refractivity contribution is 6.30. The highest BCUT2D eigenvalue weighted by Gasteiger charge is 2.45. The van der Waals surface area contributed by atoms with E-state index in [0.29, 0.717) is 10.7 Å². The molecule has 0 saturated carbocycles. The molecular weight excluding hydrogens is 505 g/mol. The van der Waals surface area contributed by atoms with E-state index in [4.69, 9.17) is 11.6 Å². The first kappa shape index (κ1) is 26.2. The Bertz CT molecular complexity index is 1330. The van der Waals surface area contributed by atoms with E-state index in [1.54, 1.807) is 24.3 Å². The second kappa shape index (κ2) is 9.89. The molecule has 0 aliphatic carbocycles. The van der Waals surface area contributed by atoms with Crippen LogP contribution in [0.25, 0.3) is 0 Å². The molecule has 4 amide bonds. The van der Waals surface area contributed by atoms with E-state index in [9.17, 15) is 22.8 Å². The van der Waals surface area contributed by atoms with Crippen molar-refractivity contribution in [2.75, 3.05) is 25.5 Å². The maximum atomic E-state index is 13.8. The predicted octanol–water partition coefficient (Wildman–Crippen LogP) is 6.64. The summed E-state index contributed by atoms with van der Waals surface area (Å²) in [5, 5.41) is 6.35. The van der Waals surface area contributed by atoms with Crippen LogP contribution >= 0.6 is 11.6 Å². The number of urea groups is 2. The van der Waals surface area contributed by atoms with Gasteiger partial charge in [0.1, 0.15) is 0 Å². The molecule has 3 aromatic carbocycles. The topological polar surface area (TPSA) is 56.2 Å². The number of hydrazone groups is 1. The summed E-state index contributed by atoms with van der Waals surface area (Å²) in [5.41, 5.74) is 0.603. The van der Waals surface area contributed by atoms with Crippen LogP contribution in [0.5, 0.6) is 0 Å². The molecule has 0 N–H and O–H groups in total. The van der Waals surface area contributed by atoms with Crippen LogP contribution in [0, 0.1) is 0 Å². The molecule has 1 atom stereocenters. The standard InChI is InChI=1S/C27H24ClF3N4O2/c1-26(19-7-5-4-6-8-19)17-34(32-23(26)18-9-13-21(28)14-10-18)25(37)35(24(36)33(2)3)22-15-11-20(12-16-22)27(29,30)31/h4-16H,17H2,1-3H3. The molecule has 0 saturated heterocycles. The number of nitrogens with zero attached hydrogens (tertiary/aromatic N) is 4. The molecule has 1 unspecified atom stereocenters. The summed E-state index contributed by atoms with van der Waals surface area (Å²) in [5.74, 6) is 0. The fourth-order valence-corrected chi connectivity index (χ4v) is 4.31. The summed E-state index contributed by atoms with van der Waals surface area (Å²) in [6, 6.07) is 18.9. The highest BCUT2D eigenvalue weighted by Crippen LogP contribution is 2.37. The molecule has 0 fully saturated rings. The van der Waals surface area contributed by atoms with Crippen LogP contribution < -0.4 is 4.90 Å². The summed E-state index contributed by atoms with van der Waals surface area (Å²) in [6.45, 7) is 2.05. The first-order chi connectivity index (χ1) is 17.4. The van der Waals surface area contributed by atoms with Gasteiger partial charge in [-0.25, -0.2) is 19.5 Å². The summed E-state index contributed by atoms with van der Waals surface area (Å²) >= 11 is 6.08. The minimum atomic E-state index is -4.55. The molecule has 6 nitrogen and oxygen atoms in total. The maximum absolute atomic E-state index is 13.8. The summed E-state index contributed by atoms with van der Waals surface area (Å²) in [4.78, 5) is 28.8. The smallest absolute Gasteiger partial charge is 0.330 e. The lowest BCUT2D eigenvalue weighted by atomic mass is 9.76. The molecule has 0 spiro atoms. The Balaban J connectivity index is 1.77. The van der Waals surface area contributed by atoms with Gasteiger partial charge in [0.25, 0.3) is 0 Å². The predicted molar refractivity (Wildman–Crippen MR) is 137 cm³/mol. The Morgan fingerprint density at radius 3 is 2.08 bits per heavy atom. The third kappa shape index (κ3) is 5.17. The number of anilines is 1. The summed E-state index contributed by atoms with van der Waals surface area (Å²) in [7, 11) is 2.90. The van der Waals surface area contributed by atoms with Gasteiger partial charge in [0.05, 0.1) is 28.9 Å². The van der Waals surface area contributed by atoms with Gasteiger partial charge in [0.15, 0.2) is 0 Å². The fourth-order valence-electron chi connectivity index (χ4n) is 4.19. The Labute approximate surface area is 217 Å². The van der Waals surface area contributed by atoms with Gasteiger partial charge in [-0.1, -0.05) is 54.1 Å². The van der Waals surface area contributed by atoms with E-state index in [1.165, 1.54) is 24.0 Å². The van der Waals surface area contributed by atoms with E-state index in [0.717, 1.165) is 40.3 Å². The van der Waals surface area contributed by atoms with E-state index in [-0.39, 0.29) is 12.2 Å². The number of carbonyl (C=O) groups excluding carboxylic acids is 2. The lowest BCUT2D eigenvalue weighted by Crippen LogP contribution is -2.49. The van der Waals surface area contributed by atoms with Crippen molar-refractivity contribution in [1.29, 1.82) is 0 Å². The average Bonchev–Trinajstić information content (AvgIpc) is 3.23. The number of rotatable bonds is 3. The Kier molecular flexibility index (Phi) is 7.01. The van der Waals surface area contributed by atoms with E-state index >= 15 is 0 Å². The van der Waals surface area contributed by atoms with Crippen LogP contribution in [0.1, 0.15) is 23.6 Å². The first-order valence-corrected chi connectivity index (χ1v) is 11.7. The lowest BCUT2D eigenvalue weighted by Gasteiger charge is -2.30. The Morgan fingerprint density at radius 1 is 0.946 bits per heavy atom. The molecule has 3 aromatic rings. The second-order valence-corrected chi connectivity index (χ2v) is 9.49. The molecular formula is C27H24ClF3N4O2. The molecule has 0 radical (unpaired) electrons. The van der Waals surface area contributed by atoms with Crippen LogP contribution in [-0.2, 0) is 11.6 Å². The van der Waals surface area contributed by atoms with Crippen molar-refractivity contribution in [2.45, 2.75) is 18.5 Å². The Hall–Kier alpha value is -3.85. The first-order valence-electron chi connectivity index (χ1n) is 11.3. The van der Waals surface area contributed by atoms with Gasteiger partial charge in [-0.15, -0.1) is 0 Å². The summed E-state index contributed by atoms with van der Waals surface area (Å²) < 4.78 is 39.3. The van der Waals surface area contributed by atoms with Crippen molar-refractivity contribution in [3.05, 3.63) is 101 Å². The number of hydrogen-bond acceptors (Lipinski definition) is 3. The molecule has 4 rings (SSSR count). The average molecular weight is 529 g/mol. The normalized spacial score (nSPS) is 17.4. The van der Waals surface area contributed by atoms with Gasteiger partial charge >= 0.3 is 18.2 Å². The third-order valence-corrected chi connectivity index (χ3v) is 6.43. The molecule has 192 valence electrons. The van der Waals surface area contributed by atoms with Crippen molar-refractivity contribution in [1.82, 2.24) is 9.91 Å². The van der Waals surface area contributed by atoms with Crippen molar-refractivity contribution in [3.8, 4) is 0 Å². The van der Waals surface area contributed by atoms with Crippen LogP contribution in [0.4, 0.5) is 28.4 Å². The SMILES string of the molecule is CN(C)C(=O)N(C(=O)N1CC(C)(c2ccccc2)C(c2ccc(Cl)cc2)=N1)c1ccc(C(F)(F)F)cc1. The quantitative estimate of drug-likeness (QED) is 0.382. The zero-order valence-corrected chi connectivity index (χ0v) is 21.1. The van der Waals surface area contributed by atoms with E-state index < -0.39 is 29.2 Å². The van der Waals surface area contributed by atoms with Crippen molar-refractivity contribution >= 4 is 35.1 Å². The number of imide groups is 1. The lowest BCUT2D eigenvalue weighted by molar-refractivity contribution is -0.137. The number of carbonyl (C=O) groups is 2. The maximum Gasteiger partial charge on any atom is 0.416 e. The largest absolute Gasteiger partial charge is 0.416 e. The Morgan fingerprint density at radius 2 is 1.54 bits per heavy atom. The van der Waals surface area contributed by atoms with Crippen LogP contribution in [0.2, 0.25) is 5.02 Å².